The molecule has 1 aromatic carbocycles. The van der Waals surface area contributed by atoms with Gasteiger partial charge in [-0.25, -0.2) is 0 Å². The van der Waals surface area contributed by atoms with Gasteiger partial charge in [-0.15, -0.1) is 0 Å². The van der Waals surface area contributed by atoms with Gasteiger partial charge in [-0.05, 0) is 69.8 Å². The van der Waals surface area contributed by atoms with Crippen LogP contribution in [0.2, 0.25) is 5.02 Å². The lowest BCUT2D eigenvalue weighted by Gasteiger charge is -2.54. The van der Waals surface area contributed by atoms with Gasteiger partial charge in [0, 0.05) is 17.0 Å². The fourth-order valence-electron chi connectivity index (χ4n) is 4.26. The fourth-order valence-corrected chi connectivity index (χ4v) is 4.44. The lowest BCUT2D eigenvalue weighted by molar-refractivity contribution is -0.0847. The molecule has 2 fully saturated rings. The van der Waals surface area contributed by atoms with E-state index < -0.39 is 5.60 Å². The minimum atomic E-state index is -0.693. The first-order chi connectivity index (χ1) is 10.4. The highest BCUT2D eigenvalue weighted by atomic mass is 35.5. The summed E-state index contributed by atoms with van der Waals surface area (Å²) < 4.78 is 0. The predicted molar refractivity (Wildman–Crippen MR) is 92.6 cm³/mol. The predicted octanol–water partition coefficient (Wildman–Crippen LogP) is 4.31. The lowest BCUT2D eigenvalue weighted by Crippen LogP contribution is -2.59. The molecule has 1 unspecified atom stereocenters. The van der Waals surface area contributed by atoms with Gasteiger partial charge in [0.15, 0.2) is 0 Å². The number of likely N-dealkylation sites (tertiary alicyclic amines) is 1. The number of aliphatic hydroxyl groups is 1. The van der Waals surface area contributed by atoms with Gasteiger partial charge in [0.05, 0.1) is 5.60 Å². The number of aryl methyl sites for hydroxylation is 1. The SMILES string of the molecule is Cc1ccc(C2(C(C)(O)CN3CCCCC3)CCC2)cc1Cl. The summed E-state index contributed by atoms with van der Waals surface area (Å²) in [6.45, 7) is 7.10. The molecule has 122 valence electrons. The first-order valence-corrected chi connectivity index (χ1v) is 9.04. The molecule has 1 aliphatic carbocycles. The van der Waals surface area contributed by atoms with Crippen LogP contribution in [0, 0.1) is 6.92 Å². The Labute approximate surface area is 139 Å². The summed E-state index contributed by atoms with van der Waals surface area (Å²) in [5, 5.41) is 12.2. The second-order valence-electron chi connectivity index (χ2n) is 7.51. The molecule has 0 aromatic heterocycles. The second kappa shape index (κ2) is 6.14. The van der Waals surface area contributed by atoms with Crippen LogP contribution in [-0.4, -0.2) is 35.2 Å². The number of β-amino-alcohol motifs (C(OH)–C–C–N with tert-alkyl or cyclic N) is 1. The molecule has 0 amide bonds. The van der Waals surface area contributed by atoms with Gasteiger partial charge in [-0.2, -0.15) is 0 Å². The molecular formula is C19H28ClNO. The van der Waals surface area contributed by atoms with Gasteiger partial charge in [0.2, 0.25) is 0 Å². The number of benzene rings is 1. The third-order valence-electron chi connectivity index (χ3n) is 5.94. The minimum absolute atomic E-state index is 0.123. The lowest BCUT2D eigenvalue weighted by atomic mass is 9.55. The zero-order valence-electron chi connectivity index (χ0n) is 13.9. The van der Waals surface area contributed by atoms with Crippen LogP contribution >= 0.6 is 11.6 Å². The number of hydrogen-bond donors (Lipinski definition) is 1. The standard InChI is InChI=1S/C19H28ClNO/c1-15-7-8-16(13-17(15)20)19(9-6-10-19)18(2,22)14-21-11-4-3-5-12-21/h7-8,13,22H,3-6,9-12,14H2,1-2H3. The van der Waals surface area contributed by atoms with Crippen LogP contribution in [0.5, 0.6) is 0 Å². The molecule has 1 saturated heterocycles. The van der Waals surface area contributed by atoms with Crippen molar-refractivity contribution < 1.29 is 5.11 Å². The van der Waals surface area contributed by atoms with E-state index >= 15 is 0 Å². The van der Waals surface area contributed by atoms with Crippen LogP contribution in [0.1, 0.15) is 56.6 Å². The molecule has 0 radical (unpaired) electrons. The Bertz CT molecular complexity index is 530. The smallest absolute Gasteiger partial charge is 0.0842 e. The van der Waals surface area contributed by atoms with Gasteiger partial charge in [0.1, 0.15) is 0 Å². The van der Waals surface area contributed by atoms with Crippen molar-refractivity contribution in [3.05, 3.63) is 34.3 Å². The topological polar surface area (TPSA) is 23.5 Å². The van der Waals surface area contributed by atoms with E-state index in [9.17, 15) is 5.11 Å². The highest BCUT2D eigenvalue weighted by Gasteiger charge is 2.52. The summed E-state index contributed by atoms with van der Waals surface area (Å²) in [5.74, 6) is 0. The van der Waals surface area contributed by atoms with Crippen LogP contribution in [0.4, 0.5) is 0 Å². The molecule has 1 N–H and O–H groups in total. The Morgan fingerprint density at radius 3 is 2.41 bits per heavy atom. The molecule has 1 aromatic rings. The zero-order valence-corrected chi connectivity index (χ0v) is 14.6. The summed E-state index contributed by atoms with van der Waals surface area (Å²) in [6.07, 6.45) is 7.18. The third kappa shape index (κ3) is 2.81. The molecule has 1 aliphatic heterocycles. The third-order valence-corrected chi connectivity index (χ3v) is 6.35. The van der Waals surface area contributed by atoms with Crippen molar-refractivity contribution in [1.82, 2.24) is 4.90 Å². The maximum absolute atomic E-state index is 11.4. The molecule has 22 heavy (non-hydrogen) atoms. The van der Waals surface area contributed by atoms with Gasteiger partial charge < -0.3 is 10.0 Å². The quantitative estimate of drug-likeness (QED) is 0.893. The normalized spacial score (nSPS) is 24.5. The Morgan fingerprint density at radius 1 is 1.18 bits per heavy atom. The number of halogens is 1. The van der Waals surface area contributed by atoms with E-state index in [1.807, 2.05) is 13.8 Å². The minimum Gasteiger partial charge on any atom is -0.388 e. The van der Waals surface area contributed by atoms with Crippen molar-refractivity contribution >= 4 is 11.6 Å². The molecule has 2 aliphatic rings. The average Bonchev–Trinajstić information content (AvgIpc) is 2.41. The Balaban J connectivity index is 1.85. The molecule has 1 heterocycles. The maximum atomic E-state index is 11.4. The van der Waals surface area contributed by atoms with Crippen molar-refractivity contribution in [2.75, 3.05) is 19.6 Å². The fraction of sp³-hybridized carbons (Fsp3) is 0.684. The van der Waals surface area contributed by atoms with Crippen molar-refractivity contribution in [2.45, 2.75) is 63.4 Å². The van der Waals surface area contributed by atoms with Gasteiger partial charge in [-0.3, -0.25) is 0 Å². The van der Waals surface area contributed by atoms with Crippen molar-refractivity contribution in [3.8, 4) is 0 Å². The van der Waals surface area contributed by atoms with Gasteiger partial charge in [-0.1, -0.05) is 36.6 Å². The summed E-state index contributed by atoms with van der Waals surface area (Å²) >= 11 is 6.35. The second-order valence-corrected chi connectivity index (χ2v) is 7.92. The molecule has 1 saturated carbocycles. The number of piperidine rings is 1. The van der Waals surface area contributed by atoms with Crippen LogP contribution in [0.25, 0.3) is 0 Å². The van der Waals surface area contributed by atoms with E-state index in [-0.39, 0.29) is 5.41 Å². The van der Waals surface area contributed by atoms with Crippen LogP contribution in [0.15, 0.2) is 18.2 Å². The molecule has 0 bridgehead atoms. The van der Waals surface area contributed by atoms with E-state index in [1.165, 1.54) is 31.2 Å². The van der Waals surface area contributed by atoms with Crippen LogP contribution < -0.4 is 0 Å². The van der Waals surface area contributed by atoms with Crippen LogP contribution in [-0.2, 0) is 5.41 Å². The molecule has 3 heteroatoms. The van der Waals surface area contributed by atoms with E-state index in [1.54, 1.807) is 0 Å². The first kappa shape index (κ1) is 16.3. The van der Waals surface area contributed by atoms with Gasteiger partial charge >= 0.3 is 0 Å². The van der Waals surface area contributed by atoms with Crippen molar-refractivity contribution in [2.24, 2.45) is 0 Å². The molecular weight excluding hydrogens is 294 g/mol. The van der Waals surface area contributed by atoms with E-state index in [4.69, 9.17) is 11.6 Å². The molecule has 2 nitrogen and oxygen atoms in total. The summed E-state index contributed by atoms with van der Waals surface area (Å²) in [4.78, 5) is 2.44. The Hall–Kier alpha value is -0.570. The summed E-state index contributed by atoms with van der Waals surface area (Å²) in [6, 6.07) is 6.35. The molecule has 1 atom stereocenters. The summed E-state index contributed by atoms with van der Waals surface area (Å²) in [5.41, 5.74) is 1.51. The summed E-state index contributed by atoms with van der Waals surface area (Å²) in [7, 11) is 0. The van der Waals surface area contributed by atoms with Gasteiger partial charge in [0.25, 0.3) is 0 Å². The zero-order chi connectivity index (χ0) is 15.8. The molecule has 3 rings (SSSR count). The first-order valence-electron chi connectivity index (χ1n) is 8.66. The van der Waals surface area contributed by atoms with E-state index in [2.05, 4.69) is 23.1 Å². The highest BCUT2D eigenvalue weighted by Crippen LogP contribution is 2.52. The molecule has 0 spiro atoms. The largest absolute Gasteiger partial charge is 0.388 e. The van der Waals surface area contributed by atoms with Crippen molar-refractivity contribution in [3.63, 3.8) is 0 Å². The number of nitrogens with zero attached hydrogens (tertiary/aromatic N) is 1. The highest BCUT2D eigenvalue weighted by molar-refractivity contribution is 6.31. The van der Waals surface area contributed by atoms with E-state index in [0.717, 1.165) is 43.1 Å². The Kier molecular flexibility index (Phi) is 4.55. The number of hydrogen-bond acceptors (Lipinski definition) is 2. The van der Waals surface area contributed by atoms with Crippen LogP contribution in [0.3, 0.4) is 0 Å². The average molecular weight is 322 g/mol. The Morgan fingerprint density at radius 2 is 1.86 bits per heavy atom. The van der Waals surface area contributed by atoms with E-state index in [0.29, 0.717) is 0 Å². The maximum Gasteiger partial charge on any atom is 0.0842 e. The number of rotatable bonds is 4. The van der Waals surface area contributed by atoms with Crippen molar-refractivity contribution in [1.29, 1.82) is 0 Å². The monoisotopic (exact) mass is 321 g/mol.